The third-order valence-corrected chi connectivity index (χ3v) is 3.99. The molecule has 0 saturated heterocycles. The topological polar surface area (TPSA) is 89.5 Å². The number of carbonyl (C=O) groups is 2. The van der Waals surface area contributed by atoms with Gasteiger partial charge in [0.2, 0.25) is 0 Å². The van der Waals surface area contributed by atoms with Crippen molar-refractivity contribution < 1.29 is 22.7 Å². The van der Waals surface area contributed by atoms with Crippen LogP contribution in [0.25, 0.3) is 0 Å². The first kappa shape index (κ1) is 16.9. The average Bonchev–Trinajstić information content (AvgIpc) is 2.46. The Labute approximate surface area is 123 Å². The van der Waals surface area contributed by atoms with Crippen LogP contribution in [0.2, 0.25) is 0 Å². The molecule has 0 saturated carbocycles. The minimum Gasteiger partial charge on any atom is -0.465 e. The number of esters is 1. The summed E-state index contributed by atoms with van der Waals surface area (Å²) in [4.78, 5) is 23.0. The smallest absolute Gasteiger partial charge is 0.337 e. The Morgan fingerprint density at radius 2 is 2.00 bits per heavy atom. The molecule has 0 fully saturated rings. The van der Waals surface area contributed by atoms with Gasteiger partial charge >= 0.3 is 5.97 Å². The molecule has 1 aromatic rings. The van der Waals surface area contributed by atoms with E-state index in [1.165, 1.54) is 32.2 Å². The minimum atomic E-state index is -4.04. The van der Waals surface area contributed by atoms with E-state index in [0.717, 1.165) is 6.07 Å². The van der Waals surface area contributed by atoms with Crippen molar-refractivity contribution in [2.75, 3.05) is 7.11 Å². The lowest BCUT2D eigenvalue weighted by Gasteiger charge is -2.08. The van der Waals surface area contributed by atoms with Crippen molar-refractivity contribution in [2.24, 2.45) is 0 Å². The first-order valence-corrected chi connectivity index (χ1v) is 7.72. The molecule has 0 aliphatic rings. The molecule has 0 atom stereocenters. The highest BCUT2D eigenvalue weighted by atomic mass is 32.2. The van der Waals surface area contributed by atoms with Gasteiger partial charge < -0.3 is 4.74 Å². The largest absolute Gasteiger partial charge is 0.465 e. The van der Waals surface area contributed by atoms with E-state index in [9.17, 15) is 18.0 Å². The molecule has 0 spiro atoms. The zero-order valence-corrected chi connectivity index (χ0v) is 12.9. The van der Waals surface area contributed by atoms with Crippen molar-refractivity contribution >= 4 is 21.9 Å². The second-order valence-electron chi connectivity index (χ2n) is 4.25. The molecular formula is C14H17NO5S. The van der Waals surface area contributed by atoms with E-state index < -0.39 is 21.9 Å². The van der Waals surface area contributed by atoms with E-state index in [4.69, 9.17) is 0 Å². The van der Waals surface area contributed by atoms with Crippen molar-refractivity contribution in [2.45, 2.75) is 25.2 Å². The monoisotopic (exact) mass is 311 g/mol. The van der Waals surface area contributed by atoms with Gasteiger partial charge in [0.05, 0.1) is 17.6 Å². The van der Waals surface area contributed by atoms with Crippen LogP contribution in [-0.4, -0.2) is 27.4 Å². The maximum Gasteiger partial charge on any atom is 0.337 e. The maximum atomic E-state index is 12.1. The first-order chi connectivity index (χ1) is 9.81. The molecule has 1 amide bonds. The van der Waals surface area contributed by atoms with Crippen LogP contribution < -0.4 is 4.72 Å². The number of hydrogen-bond donors (Lipinski definition) is 1. The van der Waals surface area contributed by atoms with Crippen LogP contribution in [0.15, 0.2) is 40.8 Å². The van der Waals surface area contributed by atoms with Gasteiger partial charge in [-0.15, -0.1) is 0 Å². The number of nitrogens with one attached hydrogen (secondary N) is 1. The summed E-state index contributed by atoms with van der Waals surface area (Å²) in [7, 11) is -2.84. The van der Waals surface area contributed by atoms with Crippen molar-refractivity contribution in [3.63, 3.8) is 0 Å². The van der Waals surface area contributed by atoms with Crippen molar-refractivity contribution in [1.82, 2.24) is 4.72 Å². The standard InChI is InChI=1S/C14H17NO5S/c1-4-6-10(2)13(16)15-21(18,19)12-8-5-7-11(9-12)14(17)20-3/h5-9H,4H2,1-3H3,(H,15,16)/b10-6+. The number of benzene rings is 1. The minimum absolute atomic E-state index is 0.0913. The van der Waals surface area contributed by atoms with Gasteiger partial charge in [0, 0.05) is 5.57 Å². The van der Waals surface area contributed by atoms with Crippen LogP contribution in [-0.2, 0) is 19.6 Å². The highest BCUT2D eigenvalue weighted by Crippen LogP contribution is 2.13. The van der Waals surface area contributed by atoms with Crippen molar-refractivity contribution in [1.29, 1.82) is 0 Å². The van der Waals surface area contributed by atoms with Crippen molar-refractivity contribution in [3.8, 4) is 0 Å². The number of methoxy groups -OCH3 is 1. The molecule has 0 aliphatic carbocycles. The van der Waals surface area contributed by atoms with Gasteiger partial charge in [0.1, 0.15) is 0 Å². The van der Waals surface area contributed by atoms with Gasteiger partial charge in [-0.05, 0) is 31.5 Å². The lowest BCUT2D eigenvalue weighted by atomic mass is 10.2. The number of carbonyl (C=O) groups excluding carboxylic acids is 2. The molecule has 1 N–H and O–H groups in total. The predicted molar refractivity (Wildman–Crippen MR) is 77.2 cm³/mol. The molecule has 0 radical (unpaired) electrons. The molecule has 1 aromatic carbocycles. The molecule has 6 nitrogen and oxygen atoms in total. The summed E-state index contributed by atoms with van der Waals surface area (Å²) in [5, 5.41) is 0. The van der Waals surface area contributed by atoms with E-state index in [1.54, 1.807) is 6.08 Å². The van der Waals surface area contributed by atoms with Gasteiger partial charge in [-0.2, -0.15) is 0 Å². The Bertz CT molecular complexity index is 676. The SMILES string of the molecule is CC/C=C(\C)C(=O)NS(=O)(=O)c1cccc(C(=O)OC)c1. The molecule has 114 valence electrons. The fraction of sp³-hybridized carbons (Fsp3) is 0.286. The molecule has 0 unspecified atom stereocenters. The van der Waals surface area contributed by atoms with Crippen LogP contribution in [0.1, 0.15) is 30.6 Å². The van der Waals surface area contributed by atoms with Gasteiger partial charge in [-0.3, -0.25) is 4.79 Å². The third-order valence-electron chi connectivity index (χ3n) is 2.66. The normalized spacial score (nSPS) is 11.9. The number of sulfonamides is 1. The van der Waals surface area contributed by atoms with E-state index in [-0.39, 0.29) is 10.5 Å². The second kappa shape index (κ2) is 7.03. The first-order valence-electron chi connectivity index (χ1n) is 6.24. The van der Waals surface area contributed by atoms with Crippen LogP contribution in [0.4, 0.5) is 0 Å². The van der Waals surface area contributed by atoms with Gasteiger partial charge in [-0.1, -0.05) is 19.1 Å². The summed E-state index contributed by atoms with van der Waals surface area (Å²) in [6, 6.07) is 5.27. The lowest BCUT2D eigenvalue weighted by molar-refractivity contribution is -0.115. The molecule has 7 heteroatoms. The zero-order valence-electron chi connectivity index (χ0n) is 12.0. The molecule has 1 rings (SSSR count). The zero-order chi connectivity index (χ0) is 16.0. The highest BCUT2D eigenvalue weighted by Gasteiger charge is 2.19. The second-order valence-corrected chi connectivity index (χ2v) is 5.93. The Balaban J connectivity index is 3.06. The number of amides is 1. The van der Waals surface area contributed by atoms with Crippen LogP contribution in [0.3, 0.4) is 0 Å². The molecule has 0 aliphatic heterocycles. The number of allylic oxidation sites excluding steroid dienone is 1. The van der Waals surface area contributed by atoms with Gasteiger partial charge in [-0.25, -0.2) is 17.9 Å². The summed E-state index contributed by atoms with van der Waals surface area (Å²) >= 11 is 0. The van der Waals surface area contributed by atoms with E-state index in [0.29, 0.717) is 12.0 Å². The Morgan fingerprint density at radius 3 is 2.57 bits per heavy atom. The number of hydrogen-bond acceptors (Lipinski definition) is 5. The molecule has 21 heavy (non-hydrogen) atoms. The highest BCUT2D eigenvalue weighted by molar-refractivity contribution is 7.90. The van der Waals surface area contributed by atoms with E-state index >= 15 is 0 Å². The predicted octanol–water partition coefficient (Wildman–Crippen LogP) is 1.63. The van der Waals surface area contributed by atoms with Gasteiger partial charge in [0.25, 0.3) is 15.9 Å². The quantitative estimate of drug-likeness (QED) is 0.659. The fourth-order valence-electron chi connectivity index (χ4n) is 1.57. The van der Waals surface area contributed by atoms with Crippen molar-refractivity contribution in [3.05, 3.63) is 41.5 Å². The van der Waals surface area contributed by atoms with Crippen LogP contribution >= 0.6 is 0 Å². The van der Waals surface area contributed by atoms with Crippen LogP contribution in [0, 0.1) is 0 Å². The molecule has 0 heterocycles. The maximum absolute atomic E-state index is 12.1. The van der Waals surface area contributed by atoms with E-state index in [1.807, 2.05) is 11.6 Å². The van der Waals surface area contributed by atoms with Gasteiger partial charge in [0.15, 0.2) is 0 Å². The Kier molecular flexibility index (Phi) is 5.66. The summed E-state index contributed by atoms with van der Waals surface area (Å²) in [5.41, 5.74) is 0.402. The summed E-state index contributed by atoms with van der Waals surface area (Å²) in [6.07, 6.45) is 2.24. The van der Waals surface area contributed by atoms with Crippen LogP contribution in [0.5, 0.6) is 0 Å². The molecule has 0 bridgehead atoms. The number of rotatable bonds is 5. The number of ether oxygens (including phenoxy) is 1. The Hall–Kier alpha value is -2.15. The lowest BCUT2D eigenvalue weighted by Crippen LogP contribution is -2.31. The fourth-order valence-corrected chi connectivity index (χ4v) is 2.63. The average molecular weight is 311 g/mol. The summed E-state index contributed by atoms with van der Waals surface area (Å²) in [6.45, 7) is 3.37. The van der Waals surface area contributed by atoms with E-state index in [2.05, 4.69) is 4.74 Å². The summed E-state index contributed by atoms with van der Waals surface area (Å²) < 4.78 is 30.7. The summed E-state index contributed by atoms with van der Waals surface area (Å²) in [5.74, 6) is -1.35. The Morgan fingerprint density at radius 1 is 1.33 bits per heavy atom. The molecule has 0 aromatic heterocycles. The molecular weight excluding hydrogens is 294 g/mol. The third kappa shape index (κ3) is 4.42.